The third kappa shape index (κ3) is 3.87. The zero-order valence-corrected chi connectivity index (χ0v) is 13.5. The van der Waals surface area contributed by atoms with Crippen LogP contribution in [0.1, 0.15) is 17.0 Å². The zero-order valence-electron chi connectivity index (χ0n) is 12.7. The fraction of sp³-hybridized carbons (Fsp3) is 0.235. The number of carboxylic acids is 1. The minimum atomic E-state index is -0.957. The van der Waals surface area contributed by atoms with Gasteiger partial charge in [-0.15, -0.1) is 0 Å². The summed E-state index contributed by atoms with van der Waals surface area (Å²) in [6.07, 6.45) is 0.236. The molecule has 0 heterocycles. The molecular formula is C17H17ClO5. The molecule has 23 heavy (non-hydrogen) atoms. The number of phenols is 1. The maximum absolute atomic E-state index is 11.6. The van der Waals surface area contributed by atoms with Gasteiger partial charge in [0.1, 0.15) is 5.75 Å². The van der Waals surface area contributed by atoms with Gasteiger partial charge in [-0.2, -0.15) is 0 Å². The lowest BCUT2D eigenvalue weighted by molar-refractivity contribution is -0.138. The number of ether oxygens (including phenoxy) is 2. The number of aromatic hydroxyl groups is 1. The summed E-state index contributed by atoms with van der Waals surface area (Å²) in [5.74, 6) is -0.766. The van der Waals surface area contributed by atoms with Crippen LogP contribution in [0.3, 0.4) is 0 Å². The summed E-state index contributed by atoms with van der Waals surface area (Å²) in [4.78, 5) is 11.6. The lowest BCUT2D eigenvalue weighted by Crippen LogP contribution is -2.14. The van der Waals surface area contributed by atoms with Crippen LogP contribution in [0.15, 0.2) is 36.4 Å². The molecule has 0 radical (unpaired) electrons. The Bertz CT molecular complexity index is 697. The quantitative estimate of drug-likeness (QED) is 0.844. The highest BCUT2D eigenvalue weighted by Crippen LogP contribution is 2.37. The molecule has 0 aliphatic heterocycles. The number of hydrogen-bond acceptors (Lipinski definition) is 4. The van der Waals surface area contributed by atoms with E-state index < -0.39 is 11.9 Å². The molecule has 5 nitrogen and oxygen atoms in total. The summed E-state index contributed by atoms with van der Waals surface area (Å²) >= 11 is 6.16. The highest BCUT2D eigenvalue weighted by atomic mass is 35.5. The fourth-order valence-electron chi connectivity index (χ4n) is 2.38. The second-order valence-corrected chi connectivity index (χ2v) is 5.41. The average molecular weight is 337 g/mol. The summed E-state index contributed by atoms with van der Waals surface area (Å²) < 4.78 is 10.4. The average Bonchev–Trinajstić information content (AvgIpc) is 2.52. The van der Waals surface area contributed by atoms with Crippen LogP contribution in [0.4, 0.5) is 0 Å². The van der Waals surface area contributed by atoms with E-state index in [-0.39, 0.29) is 12.2 Å². The van der Waals surface area contributed by atoms with E-state index in [9.17, 15) is 15.0 Å². The molecule has 0 fully saturated rings. The van der Waals surface area contributed by atoms with Gasteiger partial charge in [0.25, 0.3) is 0 Å². The molecule has 0 aromatic heterocycles. The molecule has 0 saturated carbocycles. The van der Waals surface area contributed by atoms with E-state index in [0.717, 1.165) is 0 Å². The Morgan fingerprint density at radius 3 is 2.35 bits per heavy atom. The minimum Gasteiger partial charge on any atom is -0.508 e. The van der Waals surface area contributed by atoms with Crippen molar-refractivity contribution in [3.63, 3.8) is 0 Å². The second kappa shape index (κ2) is 7.24. The van der Waals surface area contributed by atoms with Gasteiger partial charge >= 0.3 is 5.97 Å². The molecule has 0 bridgehead atoms. The number of rotatable bonds is 6. The van der Waals surface area contributed by atoms with Crippen molar-refractivity contribution in [2.24, 2.45) is 0 Å². The Balaban J connectivity index is 2.35. The number of carboxylic acid groups (broad SMARTS) is 1. The number of aliphatic carboxylic acids is 1. The first-order valence-corrected chi connectivity index (χ1v) is 7.26. The number of hydrogen-bond donors (Lipinski definition) is 2. The SMILES string of the molecule is COc1cc(CC(C(=O)O)c2ccc(O)cc2)cc(Cl)c1OC. The fourth-order valence-corrected chi connectivity index (χ4v) is 2.69. The maximum atomic E-state index is 11.6. The highest BCUT2D eigenvalue weighted by Gasteiger charge is 2.22. The molecule has 2 rings (SSSR count). The highest BCUT2D eigenvalue weighted by molar-refractivity contribution is 6.32. The lowest BCUT2D eigenvalue weighted by atomic mass is 9.92. The van der Waals surface area contributed by atoms with Gasteiger partial charge in [-0.05, 0) is 41.8 Å². The van der Waals surface area contributed by atoms with E-state index in [1.807, 2.05) is 0 Å². The summed E-state index contributed by atoms with van der Waals surface area (Å²) in [5, 5.41) is 19.2. The largest absolute Gasteiger partial charge is 0.508 e. The van der Waals surface area contributed by atoms with Crippen LogP contribution in [-0.2, 0) is 11.2 Å². The molecule has 0 saturated heterocycles. The van der Waals surface area contributed by atoms with Gasteiger partial charge in [0.2, 0.25) is 0 Å². The molecule has 1 unspecified atom stereocenters. The number of carbonyl (C=O) groups is 1. The number of halogens is 1. The molecule has 0 spiro atoms. The summed E-state index contributed by atoms with van der Waals surface area (Å²) in [7, 11) is 2.98. The smallest absolute Gasteiger partial charge is 0.311 e. The van der Waals surface area contributed by atoms with Crippen molar-refractivity contribution in [1.82, 2.24) is 0 Å². The van der Waals surface area contributed by atoms with Gasteiger partial charge < -0.3 is 19.7 Å². The monoisotopic (exact) mass is 336 g/mol. The zero-order chi connectivity index (χ0) is 17.0. The van der Waals surface area contributed by atoms with Crippen molar-refractivity contribution in [2.75, 3.05) is 14.2 Å². The predicted octanol–water partition coefficient (Wildman–Crippen LogP) is 3.47. The van der Waals surface area contributed by atoms with Crippen molar-refractivity contribution in [3.8, 4) is 17.2 Å². The van der Waals surface area contributed by atoms with Crippen molar-refractivity contribution >= 4 is 17.6 Å². The van der Waals surface area contributed by atoms with Crippen LogP contribution < -0.4 is 9.47 Å². The third-order valence-electron chi connectivity index (χ3n) is 3.53. The summed E-state index contributed by atoms with van der Waals surface area (Å²) in [6.45, 7) is 0. The Morgan fingerprint density at radius 1 is 1.17 bits per heavy atom. The van der Waals surface area contributed by atoms with Crippen molar-refractivity contribution < 1.29 is 24.5 Å². The molecule has 2 N–H and O–H groups in total. The minimum absolute atomic E-state index is 0.0899. The summed E-state index contributed by atoms with van der Waals surface area (Å²) in [5.41, 5.74) is 1.31. The third-order valence-corrected chi connectivity index (χ3v) is 3.81. The van der Waals surface area contributed by atoms with Crippen molar-refractivity contribution in [2.45, 2.75) is 12.3 Å². The lowest BCUT2D eigenvalue weighted by Gasteiger charge is -2.16. The van der Waals surface area contributed by atoms with E-state index >= 15 is 0 Å². The summed E-state index contributed by atoms with van der Waals surface area (Å²) in [6, 6.07) is 9.49. The Morgan fingerprint density at radius 2 is 1.83 bits per heavy atom. The molecule has 1 atom stereocenters. The van der Waals surface area contributed by atoms with E-state index in [2.05, 4.69) is 0 Å². The maximum Gasteiger partial charge on any atom is 0.311 e. The van der Waals surface area contributed by atoms with E-state index in [0.29, 0.717) is 27.6 Å². The van der Waals surface area contributed by atoms with Gasteiger partial charge in [0.15, 0.2) is 11.5 Å². The molecule has 6 heteroatoms. The molecule has 0 aliphatic carbocycles. The number of methoxy groups -OCH3 is 2. The number of phenolic OH excluding ortho intramolecular Hbond substituents is 1. The van der Waals surface area contributed by atoms with Gasteiger partial charge in [-0.3, -0.25) is 4.79 Å². The molecule has 0 amide bonds. The van der Waals surface area contributed by atoms with Gasteiger partial charge in [-0.1, -0.05) is 23.7 Å². The Kier molecular flexibility index (Phi) is 5.34. The first-order valence-electron chi connectivity index (χ1n) is 6.88. The van der Waals surface area contributed by atoms with Crippen LogP contribution in [0.5, 0.6) is 17.2 Å². The second-order valence-electron chi connectivity index (χ2n) is 5.00. The van der Waals surface area contributed by atoms with Gasteiger partial charge in [0, 0.05) is 0 Å². The number of benzene rings is 2. The van der Waals surface area contributed by atoms with E-state index in [1.165, 1.54) is 26.4 Å². The first kappa shape index (κ1) is 17.0. The van der Waals surface area contributed by atoms with E-state index in [1.54, 1.807) is 24.3 Å². The van der Waals surface area contributed by atoms with Crippen molar-refractivity contribution in [3.05, 3.63) is 52.5 Å². The van der Waals surface area contributed by atoms with Crippen LogP contribution in [0.25, 0.3) is 0 Å². The van der Waals surface area contributed by atoms with Crippen molar-refractivity contribution in [1.29, 1.82) is 0 Å². The normalized spacial score (nSPS) is 11.8. The first-order chi connectivity index (χ1) is 11.0. The van der Waals surface area contributed by atoms with Crippen LogP contribution >= 0.6 is 11.6 Å². The van der Waals surface area contributed by atoms with Gasteiger partial charge in [-0.25, -0.2) is 0 Å². The molecule has 2 aromatic carbocycles. The molecule has 122 valence electrons. The van der Waals surface area contributed by atoms with Gasteiger partial charge in [0.05, 0.1) is 25.2 Å². The Hall–Kier alpha value is -2.40. The molecular weight excluding hydrogens is 320 g/mol. The van der Waals surface area contributed by atoms with Crippen LogP contribution in [0.2, 0.25) is 5.02 Å². The van der Waals surface area contributed by atoms with Crippen LogP contribution in [-0.4, -0.2) is 30.4 Å². The Labute approximate surface area is 139 Å². The molecule has 0 aliphatic rings. The van der Waals surface area contributed by atoms with E-state index in [4.69, 9.17) is 21.1 Å². The predicted molar refractivity (Wildman–Crippen MR) is 86.7 cm³/mol. The standard InChI is InChI=1S/C17H17ClO5/c1-22-15-9-10(8-14(18)16(15)23-2)7-13(17(20)21)11-3-5-12(19)6-4-11/h3-6,8-9,13,19H,7H2,1-2H3,(H,20,21). The molecule has 2 aromatic rings. The van der Waals surface area contributed by atoms with Crippen LogP contribution in [0, 0.1) is 0 Å². The topological polar surface area (TPSA) is 76.0 Å².